The molecule has 2 rings (SSSR count). The molecular weight excluding hydrogens is 329 g/mol. The first-order valence-electron chi connectivity index (χ1n) is 5.60. The number of amidine groups is 1. The van der Waals surface area contributed by atoms with Gasteiger partial charge in [-0.2, -0.15) is 0 Å². The third-order valence-corrected chi connectivity index (χ3v) is 2.96. The Morgan fingerprint density at radius 1 is 1.40 bits per heavy atom. The SMILES string of the molecule is NC(=NO)c1ccc(COc2cncc(Br)c2)c(F)c1. The first kappa shape index (κ1) is 14.3. The minimum absolute atomic E-state index is 0.0560. The Morgan fingerprint density at radius 3 is 2.85 bits per heavy atom. The Labute approximate surface area is 123 Å². The number of hydrogen-bond donors (Lipinski definition) is 2. The Balaban J connectivity index is 2.11. The highest BCUT2D eigenvalue weighted by molar-refractivity contribution is 9.10. The van der Waals surface area contributed by atoms with Gasteiger partial charge in [0, 0.05) is 21.8 Å². The smallest absolute Gasteiger partial charge is 0.170 e. The minimum atomic E-state index is -0.489. The zero-order valence-corrected chi connectivity index (χ0v) is 11.8. The van der Waals surface area contributed by atoms with Crippen LogP contribution in [0.1, 0.15) is 11.1 Å². The number of nitrogens with zero attached hydrogens (tertiary/aromatic N) is 2. The molecule has 5 nitrogen and oxygen atoms in total. The average molecular weight is 340 g/mol. The maximum absolute atomic E-state index is 13.8. The van der Waals surface area contributed by atoms with Gasteiger partial charge in [-0.05, 0) is 28.1 Å². The van der Waals surface area contributed by atoms with E-state index in [9.17, 15) is 4.39 Å². The van der Waals surface area contributed by atoms with Gasteiger partial charge in [0.2, 0.25) is 0 Å². The zero-order chi connectivity index (χ0) is 14.5. The lowest BCUT2D eigenvalue weighted by Gasteiger charge is -2.08. The predicted molar refractivity (Wildman–Crippen MR) is 75.2 cm³/mol. The molecule has 7 heteroatoms. The normalized spacial score (nSPS) is 11.4. The molecule has 1 heterocycles. The predicted octanol–water partition coefficient (Wildman–Crippen LogP) is 2.66. The lowest BCUT2D eigenvalue weighted by molar-refractivity contribution is 0.298. The van der Waals surface area contributed by atoms with Crippen molar-refractivity contribution in [3.8, 4) is 5.75 Å². The van der Waals surface area contributed by atoms with Crippen LogP contribution in [0.25, 0.3) is 0 Å². The number of rotatable bonds is 4. The molecule has 0 unspecified atom stereocenters. The lowest BCUT2D eigenvalue weighted by atomic mass is 10.1. The van der Waals surface area contributed by atoms with Crippen molar-refractivity contribution in [2.24, 2.45) is 10.9 Å². The van der Waals surface area contributed by atoms with Crippen LogP contribution in [0.3, 0.4) is 0 Å². The molecule has 0 atom stereocenters. The van der Waals surface area contributed by atoms with Crippen molar-refractivity contribution in [3.63, 3.8) is 0 Å². The Kier molecular flexibility index (Phi) is 4.52. The molecule has 0 amide bonds. The molecule has 1 aromatic heterocycles. The molecule has 0 radical (unpaired) electrons. The van der Waals surface area contributed by atoms with Crippen molar-refractivity contribution >= 4 is 21.8 Å². The summed E-state index contributed by atoms with van der Waals surface area (Å²) in [5.74, 6) is -0.107. The van der Waals surface area contributed by atoms with E-state index in [2.05, 4.69) is 26.1 Å². The van der Waals surface area contributed by atoms with Crippen LogP contribution >= 0.6 is 15.9 Å². The monoisotopic (exact) mass is 339 g/mol. The van der Waals surface area contributed by atoms with Crippen molar-refractivity contribution in [3.05, 3.63) is 58.1 Å². The second-order valence-electron chi connectivity index (χ2n) is 3.92. The summed E-state index contributed by atoms with van der Waals surface area (Å²) in [6.07, 6.45) is 3.16. The Hall–Kier alpha value is -2.15. The fourth-order valence-corrected chi connectivity index (χ4v) is 1.86. The molecule has 0 fully saturated rings. The van der Waals surface area contributed by atoms with Crippen LogP contribution in [-0.4, -0.2) is 16.0 Å². The molecule has 3 N–H and O–H groups in total. The average Bonchev–Trinajstić information content (AvgIpc) is 2.45. The topological polar surface area (TPSA) is 80.7 Å². The fraction of sp³-hybridized carbons (Fsp3) is 0.0769. The summed E-state index contributed by atoms with van der Waals surface area (Å²) in [6.45, 7) is 0.0560. The molecule has 0 spiro atoms. The van der Waals surface area contributed by atoms with Gasteiger partial charge in [-0.3, -0.25) is 4.98 Å². The maximum Gasteiger partial charge on any atom is 0.170 e. The number of hydrogen-bond acceptors (Lipinski definition) is 4. The number of halogens is 2. The van der Waals surface area contributed by atoms with Gasteiger partial charge in [-0.25, -0.2) is 4.39 Å². The highest BCUT2D eigenvalue weighted by Crippen LogP contribution is 2.18. The Morgan fingerprint density at radius 2 is 2.20 bits per heavy atom. The number of benzene rings is 1. The van der Waals surface area contributed by atoms with E-state index in [1.165, 1.54) is 18.3 Å². The number of aromatic nitrogens is 1. The number of ether oxygens (including phenoxy) is 1. The third-order valence-electron chi connectivity index (χ3n) is 2.53. The van der Waals surface area contributed by atoms with Gasteiger partial charge in [0.1, 0.15) is 18.2 Å². The molecule has 0 aliphatic carbocycles. The minimum Gasteiger partial charge on any atom is -0.487 e. The van der Waals surface area contributed by atoms with E-state index in [1.54, 1.807) is 18.3 Å². The molecule has 0 saturated heterocycles. The molecule has 20 heavy (non-hydrogen) atoms. The highest BCUT2D eigenvalue weighted by atomic mass is 79.9. The van der Waals surface area contributed by atoms with E-state index in [0.717, 1.165) is 4.47 Å². The summed E-state index contributed by atoms with van der Waals surface area (Å²) >= 11 is 3.27. The van der Waals surface area contributed by atoms with Crippen molar-refractivity contribution in [2.75, 3.05) is 0 Å². The molecule has 0 aliphatic rings. The van der Waals surface area contributed by atoms with Crippen LogP contribution in [0.2, 0.25) is 0 Å². The van der Waals surface area contributed by atoms with Crippen LogP contribution in [0, 0.1) is 5.82 Å². The molecule has 104 valence electrons. The van der Waals surface area contributed by atoms with Crippen LogP contribution in [0.5, 0.6) is 5.75 Å². The molecule has 1 aromatic carbocycles. The highest BCUT2D eigenvalue weighted by Gasteiger charge is 2.07. The van der Waals surface area contributed by atoms with Gasteiger partial charge < -0.3 is 15.7 Å². The van der Waals surface area contributed by atoms with Gasteiger partial charge in [0.15, 0.2) is 5.84 Å². The van der Waals surface area contributed by atoms with Gasteiger partial charge in [-0.15, -0.1) is 0 Å². The van der Waals surface area contributed by atoms with Crippen molar-refractivity contribution in [2.45, 2.75) is 6.61 Å². The van der Waals surface area contributed by atoms with E-state index in [1.807, 2.05) is 0 Å². The summed E-state index contributed by atoms with van der Waals surface area (Å²) in [4.78, 5) is 3.94. The van der Waals surface area contributed by atoms with Crippen LogP contribution in [0.15, 0.2) is 46.3 Å². The quantitative estimate of drug-likeness (QED) is 0.388. The fourth-order valence-electron chi connectivity index (χ4n) is 1.51. The number of oxime groups is 1. The summed E-state index contributed by atoms with van der Waals surface area (Å²) in [5, 5.41) is 11.3. The molecular formula is C13H11BrFN3O2. The molecule has 0 saturated carbocycles. The maximum atomic E-state index is 13.8. The lowest BCUT2D eigenvalue weighted by Crippen LogP contribution is -2.13. The van der Waals surface area contributed by atoms with E-state index in [4.69, 9.17) is 15.7 Å². The zero-order valence-electron chi connectivity index (χ0n) is 10.3. The molecule has 2 aromatic rings. The second-order valence-corrected chi connectivity index (χ2v) is 4.83. The van der Waals surface area contributed by atoms with Gasteiger partial charge in [0.25, 0.3) is 0 Å². The second kappa shape index (κ2) is 6.33. The first-order valence-corrected chi connectivity index (χ1v) is 6.39. The van der Waals surface area contributed by atoms with Gasteiger partial charge in [-0.1, -0.05) is 17.3 Å². The van der Waals surface area contributed by atoms with Crippen molar-refractivity contribution < 1.29 is 14.3 Å². The van der Waals surface area contributed by atoms with E-state index < -0.39 is 5.82 Å². The van der Waals surface area contributed by atoms with E-state index in [-0.39, 0.29) is 12.4 Å². The number of pyridine rings is 1. The molecule has 0 aliphatic heterocycles. The summed E-state index contributed by atoms with van der Waals surface area (Å²) in [6, 6.07) is 5.99. The Bertz CT molecular complexity index is 649. The first-order chi connectivity index (χ1) is 9.60. The van der Waals surface area contributed by atoms with Crippen molar-refractivity contribution in [1.29, 1.82) is 0 Å². The van der Waals surface area contributed by atoms with Gasteiger partial charge in [0.05, 0.1) is 6.20 Å². The van der Waals surface area contributed by atoms with E-state index >= 15 is 0 Å². The van der Waals surface area contributed by atoms with Crippen molar-refractivity contribution in [1.82, 2.24) is 4.98 Å². The van der Waals surface area contributed by atoms with Crippen LogP contribution < -0.4 is 10.5 Å². The summed E-state index contributed by atoms with van der Waals surface area (Å²) < 4.78 is 20.0. The molecule has 0 bridgehead atoms. The number of nitrogens with two attached hydrogens (primary N) is 1. The standard InChI is InChI=1S/C13H11BrFN3O2/c14-10-4-11(6-17-5-10)20-7-9-2-1-8(3-12(9)15)13(16)18-19/h1-6,19H,7H2,(H2,16,18). The summed E-state index contributed by atoms with van der Waals surface area (Å²) in [5.41, 5.74) is 6.05. The van der Waals surface area contributed by atoms with Crippen LogP contribution in [0.4, 0.5) is 4.39 Å². The van der Waals surface area contributed by atoms with Gasteiger partial charge >= 0.3 is 0 Å². The third kappa shape index (κ3) is 3.45. The van der Waals surface area contributed by atoms with Crippen LogP contribution in [-0.2, 0) is 6.61 Å². The summed E-state index contributed by atoms with van der Waals surface area (Å²) in [7, 11) is 0. The van der Waals surface area contributed by atoms with E-state index in [0.29, 0.717) is 16.9 Å². The largest absolute Gasteiger partial charge is 0.487 e.